The average Bonchev–Trinajstić information content (AvgIpc) is 2.61. The zero-order chi connectivity index (χ0) is 17.8. The molecule has 2 aromatic rings. The summed E-state index contributed by atoms with van der Waals surface area (Å²) in [6.07, 6.45) is 6.73. The third-order valence-electron chi connectivity index (χ3n) is 4.75. The molecule has 1 aliphatic heterocycles. The molecule has 1 aromatic heterocycles. The Morgan fingerprint density at radius 3 is 2.64 bits per heavy atom. The summed E-state index contributed by atoms with van der Waals surface area (Å²) >= 11 is 0. The Hall–Kier alpha value is -2.20. The van der Waals surface area contributed by atoms with Crippen LogP contribution < -0.4 is 0 Å². The predicted molar refractivity (Wildman–Crippen MR) is 100 cm³/mol. The van der Waals surface area contributed by atoms with Crippen molar-refractivity contribution >= 4 is 5.91 Å². The van der Waals surface area contributed by atoms with Gasteiger partial charge in [-0.25, -0.2) is 0 Å². The standard InChI is InChI=1S/C21H27N3O/c1-16-12-19(14-22-13-16)21(25)24-11-5-4-6-20(24)18-9-7-17(8-10-18)15-23(2)3/h7-10,12-14,20H,4-6,11,15H2,1-3H3/t20-/m1/s1. The summed E-state index contributed by atoms with van der Waals surface area (Å²) in [5.41, 5.74) is 4.24. The highest BCUT2D eigenvalue weighted by Gasteiger charge is 2.28. The zero-order valence-electron chi connectivity index (χ0n) is 15.4. The first-order chi connectivity index (χ1) is 12.0. The molecule has 0 N–H and O–H groups in total. The van der Waals surface area contributed by atoms with E-state index in [1.54, 1.807) is 12.4 Å². The van der Waals surface area contributed by atoms with E-state index in [1.165, 1.54) is 17.5 Å². The van der Waals surface area contributed by atoms with Crippen molar-refractivity contribution in [3.05, 3.63) is 65.0 Å². The highest BCUT2D eigenvalue weighted by atomic mass is 16.2. The molecular formula is C21H27N3O. The molecule has 132 valence electrons. The smallest absolute Gasteiger partial charge is 0.255 e. The van der Waals surface area contributed by atoms with E-state index in [0.29, 0.717) is 5.56 Å². The second-order valence-corrected chi connectivity index (χ2v) is 7.24. The maximum Gasteiger partial charge on any atom is 0.255 e. The number of benzene rings is 1. The average molecular weight is 337 g/mol. The van der Waals surface area contributed by atoms with Gasteiger partial charge in [0.25, 0.3) is 5.91 Å². The van der Waals surface area contributed by atoms with Gasteiger partial charge in [0.15, 0.2) is 0 Å². The van der Waals surface area contributed by atoms with Crippen LogP contribution in [-0.2, 0) is 6.54 Å². The van der Waals surface area contributed by atoms with E-state index in [9.17, 15) is 4.79 Å². The molecule has 0 saturated carbocycles. The number of carbonyl (C=O) groups excluding carboxylic acids is 1. The highest BCUT2D eigenvalue weighted by Crippen LogP contribution is 2.32. The van der Waals surface area contributed by atoms with E-state index >= 15 is 0 Å². The summed E-state index contributed by atoms with van der Waals surface area (Å²) in [4.78, 5) is 21.4. The molecule has 0 spiro atoms. The molecule has 1 aromatic carbocycles. The van der Waals surface area contributed by atoms with E-state index in [4.69, 9.17) is 0 Å². The second-order valence-electron chi connectivity index (χ2n) is 7.24. The SMILES string of the molecule is Cc1cncc(C(=O)N2CCCC[C@@H]2c2ccc(CN(C)C)cc2)c1. The number of nitrogens with zero attached hydrogens (tertiary/aromatic N) is 3. The number of amides is 1. The van der Waals surface area contributed by atoms with Crippen molar-refractivity contribution in [3.8, 4) is 0 Å². The summed E-state index contributed by atoms with van der Waals surface area (Å²) in [5, 5.41) is 0. The Morgan fingerprint density at radius 2 is 1.96 bits per heavy atom. The normalized spacial score (nSPS) is 17.8. The third-order valence-corrected chi connectivity index (χ3v) is 4.75. The van der Waals surface area contributed by atoms with E-state index < -0.39 is 0 Å². The number of rotatable bonds is 4. The Labute approximate surface area is 150 Å². The van der Waals surface area contributed by atoms with Crippen molar-refractivity contribution in [1.29, 1.82) is 0 Å². The van der Waals surface area contributed by atoms with Gasteiger partial charge in [-0.05, 0) is 63.0 Å². The first kappa shape index (κ1) is 17.6. The number of likely N-dealkylation sites (tertiary alicyclic amines) is 1. The van der Waals surface area contributed by atoms with Crippen LogP contribution in [0.1, 0.15) is 52.4 Å². The van der Waals surface area contributed by atoms with E-state index in [1.807, 2.05) is 17.9 Å². The van der Waals surface area contributed by atoms with Crippen LogP contribution in [0.2, 0.25) is 0 Å². The molecule has 1 aliphatic rings. The van der Waals surface area contributed by atoms with E-state index in [0.717, 1.165) is 31.5 Å². The zero-order valence-corrected chi connectivity index (χ0v) is 15.4. The molecule has 0 aliphatic carbocycles. The van der Waals surface area contributed by atoms with Crippen LogP contribution >= 0.6 is 0 Å². The number of piperidine rings is 1. The molecular weight excluding hydrogens is 310 g/mol. The minimum absolute atomic E-state index is 0.0956. The van der Waals surface area contributed by atoms with Gasteiger partial charge in [-0.15, -0.1) is 0 Å². The Kier molecular flexibility index (Phi) is 5.49. The van der Waals surface area contributed by atoms with Crippen molar-refractivity contribution in [2.45, 2.75) is 38.8 Å². The number of aromatic nitrogens is 1. The third kappa shape index (κ3) is 4.26. The first-order valence-corrected chi connectivity index (χ1v) is 9.01. The van der Waals surface area contributed by atoms with Crippen LogP contribution in [0.5, 0.6) is 0 Å². The Bertz CT molecular complexity index is 724. The first-order valence-electron chi connectivity index (χ1n) is 9.01. The lowest BCUT2D eigenvalue weighted by Crippen LogP contribution is -2.38. The number of pyridine rings is 1. The molecule has 25 heavy (non-hydrogen) atoms. The lowest BCUT2D eigenvalue weighted by Gasteiger charge is -2.36. The fraction of sp³-hybridized carbons (Fsp3) is 0.429. The van der Waals surface area contributed by atoms with Gasteiger partial charge in [0.2, 0.25) is 0 Å². The largest absolute Gasteiger partial charge is 0.332 e. The predicted octanol–water partition coefficient (Wildman–Crippen LogP) is 3.82. The van der Waals surface area contributed by atoms with Crippen LogP contribution in [0.25, 0.3) is 0 Å². The molecule has 3 rings (SSSR count). The molecule has 0 unspecified atom stereocenters. The lowest BCUT2D eigenvalue weighted by molar-refractivity contribution is 0.0611. The maximum atomic E-state index is 13.0. The summed E-state index contributed by atoms with van der Waals surface area (Å²) < 4.78 is 0. The Morgan fingerprint density at radius 1 is 1.20 bits per heavy atom. The van der Waals surface area contributed by atoms with Crippen molar-refractivity contribution in [1.82, 2.24) is 14.8 Å². The minimum Gasteiger partial charge on any atom is -0.332 e. The van der Waals surface area contributed by atoms with Crippen molar-refractivity contribution in [2.24, 2.45) is 0 Å². The van der Waals surface area contributed by atoms with Gasteiger partial charge < -0.3 is 9.80 Å². The number of hydrogen-bond acceptors (Lipinski definition) is 3. The molecule has 1 saturated heterocycles. The van der Waals surface area contributed by atoms with Crippen molar-refractivity contribution in [2.75, 3.05) is 20.6 Å². The maximum absolute atomic E-state index is 13.0. The van der Waals surface area contributed by atoms with Crippen molar-refractivity contribution < 1.29 is 4.79 Å². The Balaban J connectivity index is 1.82. The van der Waals surface area contributed by atoms with Gasteiger partial charge in [-0.2, -0.15) is 0 Å². The second kappa shape index (κ2) is 7.79. The van der Waals surface area contributed by atoms with Crippen LogP contribution in [-0.4, -0.2) is 41.3 Å². The van der Waals surface area contributed by atoms with Gasteiger partial charge in [-0.3, -0.25) is 9.78 Å². The summed E-state index contributed by atoms with van der Waals surface area (Å²) in [7, 11) is 4.15. The van der Waals surface area contributed by atoms with Crippen LogP contribution in [0, 0.1) is 6.92 Å². The summed E-state index contributed by atoms with van der Waals surface area (Å²) in [5.74, 6) is 0.0956. The molecule has 4 nitrogen and oxygen atoms in total. The number of carbonyl (C=O) groups is 1. The van der Waals surface area contributed by atoms with Gasteiger partial charge in [0, 0.05) is 25.5 Å². The highest BCUT2D eigenvalue weighted by molar-refractivity contribution is 5.94. The fourth-order valence-electron chi connectivity index (χ4n) is 3.57. The molecule has 1 fully saturated rings. The quantitative estimate of drug-likeness (QED) is 0.851. The van der Waals surface area contributed by atoms with Crippen LogP contribution in [0.3, 0.4) is 0 Å². The van der Waals surface area contributed by atoms with E-state index in [-0.39, 0.29) is 11.9 Å². The minimum atomic E-state index is 0.0956. The van der Waals surface area contributed by atoms with Crippen LogP contribution in [0.4, 0.5) is 0 Å². The molecule has 1 amide bonds. The fourth-order valence-corrected chi connectivity index (χ4v) is 3.57. The van der Waals surface area contributed by atoms with Crippen molar-refractivity contribution in [3.63, 3.8) is 0 Å². The molecule has 1 atom stereocenters. The van der Waals surface area contributed by atoms with E-state index in [2.05, 4.69) is 48.2 Å². The molecule has 0 bridgehead atoms. The molecule has 2 heterocycles. The van der Waals surface area contributed by atoms with Gasteiger partial charge in [0.1, 0.15) is 0 Å². The van der Waals surface area contributed by atoms with Gasteiger partial charge >= 0.3 is 0 Å². The number of aryl methyl sites for hydroxylation is 1. The lowest BCUT2D eigenvalue weighted by atomic mass is 9.93. The number of hydrogen-bond donors (Lipinski definition) is 0. The molecule has 0 radical (unpaired) electrons. The molecule has 4 heteroatoms. The summed E-state index contributed by atoms with van der Waals surface area (Å²) in [6.45, 7) is 3.72. The summed E-state index contributed by atoms with van der Waals surface area (Å²) in [6, 6.07) is 10.8. The van der Waals surface area contributed by atoms with Gasteiger partial charge in [0.05, 0.1) is 11.6 Å². The monoisotopic (exact) mass is 337 g/mol. The van der Waals surface area contributed by atoms with Crippen LogP contribution in [0.15, 0.2) is 42.7 Å². The topological polar surface area (TPSA) is 36.4 Å². The van der Waals surface area contributed by atoms with Gasteiger partial charge in [-0.1, -0.05) is 24.3 Å².